The second-order valence-electron chi connectivity index (χ2n) is 4.98. The van der Waals surface area contributed by atoms with Gasteiger partial charge in [-0.1, -0.05) is 0 Å². The van der Waals surface area contributed by atoms with Crippen LogP contribution in [0.15, 0.2) is 18.7 Å². The standard InChI is InChI=1S/C13H22N4O/c1-12(17-9-6-14-11-17)4-5-15-13(18)10-16-7-2-3-8-16/h6,9,11-12H,2-5,7-8,10H2,1H3,(H,15,18)/t12-/m1/s1. The monoisotopic (exact) mass is 250 g/mol. The third-order valence-electron chi connectivity index (χ3n) is 3.48. The lowest BCUT2D eigenvalue weighted by Gasteiger charge is -2.16. The molecule has 2 rings (SSSR count). The van der Waals surface area contributed by atoms with Crippen molar-refractivity contribution in [2.45, 2.75) is 32.2 Å². The lowest BCUT2D eigenvalue weighted by Crippen LogP contribution is -2.36. The number of rotatable bonds is 6. The SMILES string of the molecule is C[C@H](CCNC(=O)CN1CCCC1)n1ccnc1. The van der Waals surface area contributed by atoms with E-state index in [0.717, 1.165) is 26.1 Å². The summed E-state index contributed by atoms with van der Waals surface area (Å²) in [5.41, 5.74) is 0. The van der Waals surface area contributed by atoms with Gasteiger partial charge >= 0.3 is 0 Å². The van der Waals surface area contributed by atoms with E-state index in [1.165, 1.54) is 12.8 Å². The zero-order valence-corrected chi connectivity index (χ0v) is 11.0. The molecule has 1 N–H and O–H groups in total. The lowest BCUT2D eigenvalue weighted by atomic mass is 10.2. The summed E-state index contributed by atoms with van der Waals surface area (Å²) in [5, 5.41) is 2.99. The van der Waals surface area contributed by atoms with Crippen LogP contribution in [-0.2, 0) is 4.79 Å². The van der Waals surface area contributed by atoms with Crippen molar-refractivity contribution in [3.8, 4) is 0 Å². The highest BCUT2D eigenvalue weighted by Crippen LogP contribution is 2.08. The van der Waals surface area contributed by atoms with Crippen molar-refractivity contribution in [3.63, 3.8) is 0 Å². The highest BCUT2D eigenvalue weighted by atomic mass is 16.2. The van der Waals surface area contributed by atoms with Gasteiger partial charge in [0.15, 0.2) is 0 Å². The first-order chi connectivity index (χ1) is 8.75. The third kappa shape index (κ3) is 3.84. The van der Waals surface area contributed by atoms with E-state index in [9.17, 15) is 4.79 Å². The molecule has 0 saturated carbocycles. The van der Waals surface area contributed by atoms with Crippen LogP contribution in [-0.4, -0.2) is 46.5 Å². The summed E-state index contributed by atoms with van der Waals surface area (Å²) in [4.78, 5) is 17.9. The van der Waals surface area contributed by atoms with Gasteiger partial charge in [0, 0.05) is 25.0 Å². The van der Waals surface area contributed by atoms with Crippen LogP contribution in [0.1, 0.15) is 32.2 Å². The van der Waals surface area contributed by atoms with Gasteiger partial charge in [-0.05, 0) is 39.3 Å². The molecule has 0 aliphatic carbocycles. The summed E-state index contributed by atoms with van der Waals surface area (Å²) >= 11 is 0. The van der Waals surface area contributed by atoms with E-state index in [1.807, 2.05) is 12.5 Å². The van der Waals surface area contributed by atoms with Crippen molar-refractivity contribution in [2.75, 3.05) is 26.2 Å². The molecule has 0 radical (unpaired) electrons. The minimum Gasteiger partial charge on any atom is -0.355 e. The van der Waals surface area contributed by atoms with Gasteiger partial charge in [0.25, 0.3) is 0 Å². The molecule has 0 spiro atoms. The number of nitrogens with one attached hydrogen (secondary N) is 1. The minimum absolute atomic E-state index is 0.148. The van der Waals surface area contributed by atoms with E-state index in [0.29, 0.717) is 12.6 Å². The Morgan fingerprint density at radius 2 is 2.22 bits per heavy atom. The van der Waals surface area contributed by atoms with Crippen LogP contribution in [0, 0.1) is 0 Å². The lowest BCUT2D eigenvalue weighted by molar-refractivity contribution is -0.122. The molecule has 5 heteroatoms. The summed E-state index contributed by atoms with van der Waals surface area (Å²) in [6.07, 6.45) is 8.94. The van der Waals surface area contributed by atoms with Crippen LogP contribution in [0.5, 0.6) is 0 Å². The number of nitrogens with zero attached hydrogens (tertiary/aromatic N) is 3. The number of amides is 1. The van der Waals surface area contributed by atoms with Crippen LogP contribution < -0.4 is 5.32 Å². The summed E-state index contributed by atoms with van der Waals surface area (Å²) in [7, 11) is 0. The van der Waals surface area contributed by atoms with Gasteiger partial charge in [-0.2, -0.15) is 0 Å². The first-order valence-electron chi connectivity index (χ1n) is 6.72. The van der Waals surface area contributed by atoms with E-state index in [2.05, 4.69) is 26.7 Å². The largest absolute Gasteiger partial charge is 0.355 e. The number of hydrogen-bond donors (Lipinski definition) is 1. The molecule has 1 aliphatic heterocycles. The fourth-order valence-corrected chi connectivity index (χ4v) is 2.30. The molecule has 2 heterocycles. The number of hydrogen-bond acceptors (Lipinski definition) is 3. The minimum atomic E-state index is 0.148. The van der Waals surface area contributed by atoms with Crippen molar-refractivity contribution in [1.29, 1.82) is 0 Å². The molecule has 100 valence electrons. The topological polar surface area (TPSA) is 50.2 Å². The molecule has 0 unspecified atom stereocenters. The molecule has 1 saturated heterocycles. The van der Waals surface area contributed by atoms with Gasteiger partial charge in [-0.3, -0.25) is 9.69 Å². The summed E-state index contributed by atoms with van der Waals surface area (Å²) in [5.74, 6) is 0.148. The summed E-state index contributed by atoms with van der Waals surface area (Å²) in [6.45, 7) is 5.55. The average molecular weight is 250 g/mol. The summed E-state index contributed by atoms with van der Waals surface area (Å²) in [6, 6.07) is 0.375. The maximum absolute atomic E-state index is 11.7. The number of imidazole rings is 1. The Bertz CT molecular complexity index is 357. The van der Waals surface area contributed by atoms with Gasteiger partial charge < -0.3 is 9.88 Å². The molecular formula is C13H22N4O. The molecule has 0 bridgehead atoms. The van der Waals surface area contributed by atoms with E-state index in [4.69, 9.17) is 0 Å². The molecular weight excluding hydrogens is 228 g/mol. The predicted molar refractivity (Wildman–Crippen MR) is 70.2 cm³/mol. The van der Waals surface area contributed by atoms with Gasteiger partial charge in [0.1, 0.15) is 0 Å². The van der Waals surface area contributed by atoms with Crippen LogP contribution >= 0.6 is 0 Å². The van der Waals surface area contributed by atoms with E-state index in [1.54, 1.807) is 6.20 Å². The Hall–Kier alpha value is -1.36. The average Bonchev–Trinajstić information content (AvgIpc) is 3.00. The van der Waals surface area contributed by atoms with Crippen LogP contribution in [0.25, 0.3) is 0 Å². The van der Waals surface area contributed by atoms with Gasteiger partial charge in [0.2, 0.25) is 5.91 Å². The van der Waals surface area contributed by atoms with Crippen molar-refractivity contribution < 1.29 is 4.79 Å². The molecule has 1 fully saturated rings. The Morgan fingerprint density at radius 1 is 1.44 bits per heavy atom. The van der Waals surface area contributed by atoms with Crippen molar-refractivity contribution in [3.05, 3.63) is 18.7 Å². The van der Waals surface area contributed by atoms with E-state index in [-0.39, 0.29) is 5.91 Å². The van der Waals surface area contributed by atoms with Gasteiger partial charge in [-0.15, -0.1) is 0 Å². The molecule has 18 heavy (non-hydrogen) atoms. The van der Waals surface area contributed by atoms with Crippen LogP contribution in [0.4, 0.5) is 0 Å². The Kier molecular flexibility index (Phi) is 4.75. The molecule has 1 atom stereocenters. The van der Waals surface area contributed by atoms with E-state index >= 15 is 0 Å². The normalized spacial score (nSPS) is 17.8. The maximum Gasteiger partial charge on any atom is 0.234 e. The van der Waals surface area contributed by atoms with Crippen molar-refractivity contribution in [1.82, 2.24) is 19.8 Å². The first kappa shape index (κ1) is 13.1. The molecule has 5 nitrogen and oxygen atoms in total. The highest BCUT2D eigenvalue weighted by molar-refractivity contribution is 5.77. The molecule has 1 amide bonds. The fraction of sp³-hybridized carbons (Fsp3) is 0.692. The Balaban J connectivity index is 1.61. The van der Waals surface area contributed by atoms with E-state index < -0.39 is 0 Å². The number of carbonyl (C=O) groups is 1. The maximum atomic E-state index is 11.7. The van der Waals surface area contributed by atoms with Crippen LogP contribution in [0.2, 0.25) is 0 Å². The second-order valence-corrected chi connectivity index (χ2v) is 4.98. The quantitative estimate of drug-likeness (QED) is 0.821. The van der Waals surface area contributed by atoms with Gasteiger partial charge in [0.05, 0.1) is 12.9 Å². The highest BCUT2D eigenvalue weighted by Gasteiger charge is 2.14. The predicted octanol–water partition coefficient (Wildman–Crippen LogP) is 1.05. The zero-order chi connectivity index (χ0) is 12.8. The van der Waals surface area contributed by atoms with Gasteiger partial charge in [-0.25, -0.2) is 4.98 Å². The van der Waals surface area contributed by atoms with Crippen molar-refractivity contribution >= 4 is 5.91 Å². The third-order valence-corrected chi connectivity index (χ3v) is 3.48. The smallest absolute Gasteiger partial charge is 0.234 e. The molecule has 1 aromatic rings. The fourth-order valence-electron chi connectivity index (χ4n) is 2.30. The zero-order valence-electron chi connectivity index (χ0n) is 11.0. The van der Waals surface area contributed by atoms with Crippen molar-refractivity contribution in [2.24, 2.45) is 0 Å². The molecule has 1 aliphatic rings. The number of carbonyl (C=O) groups excluding carboxylic acids is 1. The first-order valence-corrected chi connectivity index (χ1v) is 6.72. The molecule has 0 aromatic carbocycles. The Labute approximate surface area is 108 Å². The Morgan fingerprint density at radius 3 is 2.89 bits per heavy atom. The summed E-state index contributed by atoms with van der Waals surface area (Å²) < 4.78 is 2.06. The second kappa shape index (κ2) is 6.54. The number of likely N-dealkylation sites (tertiary alicyclic amines) is 1. The molecule has 1 aromatic heterocycles. The number of aromatic nitrogens is 2. The van der Waals surface area contributed by atoms with Crippen LogP contribution in [0.3, 0.4) is 0 Å².